The third-order valence-corrected chi connectivity index (χ3v) is 3.32. The van der Waals surface area contributed by atoms with E-state index in [-0.39, 0.29) is 11.9 Å². The van der Waals surface area contributed by atoms with Crippen molar-refractivity contribution in [2.75, 3.05) is 18.5 Å². The minimum atomic E-state index is 0.147. The first kappa shape index (κ1) is 11.2. The number of aryl methyl sites for hydroxylation is 1. The number of carbonyl (C=O) groups excluding carboxylic acids is 1. The predicted octanol–water partition coefficient (Wildman–Crippen LogP) is 1.46. The van der Waals surface area contributed by atoms with Gasteiger partial charge < -0.3 is 14.6 Å². The molecule has 1 unspecified atom stereocenters. The highest BCUT2D eigenvalue weighted by atomic mass is 16.3. The number of anilines is 1. The van der Waals surface area contributed by atoms with E-state index >= 15 is 0 Å². The maximum atomic E-state index is 11.9. The van der Waals surface area contributed by atoms with E-state index in [0.29, 0.717) is 18.9 Å². The van der Waals surface area contributed by atoms with E-state index in [4.69, 9.17) is 4.42 Å². The van der Waals surface area contributed by atoms with E-state index in [1.165, 1.54) is 0 Å². The minimum absolute atomic E-state index is 0.147. The van der Waals surface area contributed by atoms with Crippen LogP contribution in [0.25, 0.3) is 11.1 Å². The first-order chi connectivity index (χ1) is 8.67. The number of hydrogen-bond donors (Lipinski definition) is 1. The number of likely N-dealkylation sites (N-methyl/N-ethyl adjacent to an activating group) is 1. The van der Waals surface area contributed by atoms with Gasteiger partial charge in [-0.25, -0.2) is 4.98 Å². The van der Waals surface area contributed by atoms with Crippen molar-refractivity contribution < 1.29 is 9.21 Å². The third-order valence-electron chi connectivity index (χ3n) is 3.32. The Morgan fingerprint density at radius 3 is 3.06 bits per heavy atom. The lowest BCUT2D eigenvalue weighted by Gasteiger charge is -2.16. The summed E-state index contributed by atoms with van der Waals surface area (Å²) in [5.41, 5.74) is 2.44. The van der Waals surface area contributed by atoms with Crippen molar-refractivity contribution in [3.63, 3.8) is 0 Å². The quantitative estimate of drug-likeness (QED) is 0.870. The molecule has 1 N–H and O–H groups in total. The van der Waals surface area contributed by atoms with E-state index in [1.807, 2.05) is 32.2 Å². The Balaban J connectivity index is 1.96. The first-order valence-electron chi connectivity index (χ1n) is 6.02. The summed E-state index contributed by atoms with van der Waals surface area (Å²) in [7, 11) is 1.88. The minimum Gasteiger partial charge on any atom is -0.441 e. The zero-order chi connectivity index (χ0) is 12.7. The normalized spacial score (nSPS) is 20.0. The van der Waals surface area contributed by atoms with E-state index in [0.717, 1.165) is 16.8 Å². The van der Waals surface area contributed by atoms with E-state index < -0.39 is 0 Å². The SMILES string of the molecule is CNC1CC(=O)N(c2ccc3oc(C)nc3c2)C1. The van der Waals surface area contributed by atoms with Gasteiger partial charge in [-0.2, -0.15) is 0 Å². The monoisotopic (exact) mass is 245 g/mol. The van der Waals surface area contributed by atoms with Gasteiger partial charge in [0, 0.05) is 31.6 Å². The molecule has 18 heavy (non-hydrogen) atoms. The fraction of sp³-hybridized carbons (Fsp3) is 0.385. The zero-order valence-corrected chi connectivity index (χ0v) is 10.4. The summed E-state index contributed by atoms with van der Waals surface area (Å²) in [4.78, 5) is 18.0. The first-order valence-corrected chi connectivity index (χ1v) is 6.02. The molecule has 1 aliphatic rings. The van der Waals surface area contributed by atoms with Crippen LogP contribution >= 0.6 is 0 Å². The van der Waals surface area contributed by atoms with Gasteiger partial charge in [-0.05, 0) is 25.2 Å². The molecule has 1 aromatic heterocycles. The molecule has 0 saturated carbocycles. The van der Waals surface area contributed by atoms with Crippen LogP contribution in [0.4, 0.5) is 5.69 Å². The van der Waals surface area contributed by atoms with Crippen molar-refractivity contribution in [3.8, 4) is 0 Å². The van der Waals surface area contributed by atoms with Crippen LogP contribution < -0.4 is 10.2 Å². The van der Waals surface area contributed by atoms with Crippen LogP contribution in [0.5, 0.6) is 0 Å². The Bertz CT molecular complexity index is 605. The molecule has 0 radical (unpaired) electrons. The summed E-state index contributed by atoms with van der Waals surface area (Å²) in [5.74, 6) is 0.789. The van der Waals surface area contributed by atoms with Crippen LogP contribution in [0.15, 0.2) is 22.6 Å². The van der Waals surface area contributed by atoms with Crippen molar-refractivity contribution >= 4 is 22.7 Å². The summed E-state index contributed by atoms with van der Waals surface area (Å²) in [6, 6.07) is 5.90. The van der Waals surface area contributed by atoms with Gasteiger partial charge >= 0.3 is 0 Å². The van der Waals surface area contributed by atoms with Gasteiger partial charge in [-0.1, -0.05) is 0 Å². The maximum Gasteiger partial charge on any atom is 0.228 e. The number of amides is 1. The standard InChI is InChI=1S/C13H15N3O2/c1-8-15-11-6-10(3-4-12(11)18-8)16-7-9(14-2)5-13(16)17/h3-4,6,9,14H,5,7H2,1-2H3. The number of nitrogens with one attached hydrogen (secondary N) is 1. The van der Waals surface area contributed by atoms with E-state index in [9.17, 15) is 4.79 Å². The van der Waals surface area contributed by atoms with Gasteiger partial charge in [-0.3, -0.25) is 4.79 Å². The van der Waals surface area contributed by atoms with Gasteiger partial charge in [0.15, 0.2) is 11.5 Å². The second-order valence-electron chi connectivity index (χ2n) is 4.58. The molecule has 0 bridgehead atoms. The summed E-state index contributed by atoms with van der Waals surface area (Å²) in [6.07, 6.45) is 0.548. The lowest BCUT2D eigenvalue weighted by atomic mass is 10.2. The molecule has 5 heteroatoms. The van der Waals surface area contributed by atoms with Gasteiger partial charge in [0.25, 0.3) is 0 Å². The average Bonchev–Trinajstić information content (AvgIpc) is 2.89. The third kappa shape index (κ3) is 1.76. The van der Waals surface area contributed by atoms with Crippen LogP contribution in [0.1, 0.15) is 12.3 Å². The van der Waals surface area contributed by atoms with Crippen LogP contribution in [-0.4, -0.2) is 30.5 Å². The molecule has 2 aromatic rings. The Kier molecular flexibility index (Phi) is 2.56. The summed E-state index contributed by atoms with van der Waals surface area (Å²) in [5, 5.41) is 3.14. The lowest BCUT2D eigenvalue weighted by molar-refractivity contribution is -0.117. The van der Waals surface area contributed by atoms with Crippen molar-refractivity contribution in [2.24, 2.45) is 0 Å². The fourth-order valence-electron chi connectivity index (χ4n) is 2.35. The molecule has 1 aliphatic heterocycles. The number of fused-ring (bicyclic) bond motifs is 1. The molecule has 1 aromatic carbocycles. The van der Waals surface area contributed by atoms with Crippen LogP contribution in [0, 0.1) is 6.92 Å². The molecule has 1 amide bonds. The highest BCUT2D eigenvalue weighted by molar-refractivity contribution is 5.97. The second kappa shape index (κ2) is 4.10. The van der Waals surface area contributed by atoms with Gasteiger partial charge in [0.05, 0.1) is 0 Å². The van der Waals surface area contributed by atoms with Gasteiger partial charge in [-0.15, -0.1) is 0 Å². The molecule has 3 rings (SSSR count). The number of hydrogen-bond acceptors (Lipinski definition) is 4. The van der Waals surface area contributed by atoms with Gasteiger partial charge in [0.1, 0.15) is 5.52 Å². The number of nitrogens with zero attached hydrogens (tertiary/aromatic N) is 2. The van der Waals surface area contributed by atoms with Crippen molar-refractivity contribution in [3.05, 3.63) is 24.1 Å². The number of benzene rings is 1. The van der Waals surface area contributed by atoms with Crippen LogP contribution in [0.3, 0.4) is 0 Å². The lowest BCUT2D eigenvalue weighted by Crippen LogP contribution is -2.30. The van der Waals surface area contributed by atoms with Crippen LogP contribution in [-0.2, 0) is 4.79 Å². The molecule has 1 atom stereocenters. The molecule has 0 aliphatic carbocycles. The molecule has 5 nitrogen and oxygen atoms in total. The molecule has 2 heterocycles. The van der Waals surface area contributed by atoms with Crippen molar-refractivity contribution in [1.82, 2.24) is 10.3 Å². The Hall–Kier alpha value is -1.88. The Morgan fingerprint density at radius 1 is 1.50 bits per heavy atom. The zero-order valence-electron chi connectivity index (χ0n) is 10.4. The van der Waals surface area contributed by atoms with Crippen molar-refractivity contribution in [2.45, 2.75) is 19.4 Å². The summed E-state index contributed by atoms with van der Waals surface area (Å²) >= 11 is 0. The number of rotatable bonds is 2. The summed E-state index contributed by atoms with van der Waals surface area (Å²) < 4.78 is 5.43. The molecular weight excluding hydrogens is 230 g/mol. The highest BCUT2D eigenvalue weighted by Gasteiger charge is 2.29. The Morgan fingerprint density at radius 2 is 2.33 bits per heavy atom. The number of carbonyl (C=O) groups is 1. The molecule has 0 spiro atoms. The predicted molar refractivity (Wildman–Crippen MR) is 68.6 cm³/mol. The number of aromatic nitrogens is 1. The smallest absolute Gasteiger partial charge is 0.228 e. The highest BCUT2D eigenvalue weighted by Crippen LogP contribution is 2.26. The maximum absolute atomic E-state index is 11.9. The van der Waals surface area contributed by atoms with Crippen LogP contribution in [0.2, 0.25) is 0 Å². The Labute approximate surface area is 105 Å². The van der Waals surface area contributed by atoms with E-state index in [1.54, 1.807) is 4.90 Å². The molecule has 1 saturated heterocycles. The largest absolute Gasteiger partial charge is 0.441 e. The van der Waals surface area contributed by atoms with Crippen molar-refractivity contribution in [1.29, 1.82) is 0 Å². The second-order valence-corrected chi connectivity index (χ2v) is 4.58. The molecular formula is C13H15N3O2. The van der Waals surface area contributed by atoms with Gasteiger partial charge in [0.2, 0.25) is 5.91 Å². The number of oxazole rings is 1. The molecule has 1 fully saturated rings. The molecule has 94 valence electrons. The fourth-order valence-corrected chi connectivity index (χ4v) is 2.35. The van der Waals surface area contributed by atoms with E-state index in [2.05, 4.69) is 10.3 Å². The topological polar surface area (TPSA) is 58.4 Å². The summed E-state index contributed by atoms with van der Waals surface area (Å²) in [6.45, 7) is 2.52. The average molecular weight is 245 g/mol.